The van der Waals surface area contributed by atoms with Gasteiger partial charge in [-0.15, -0.1) is 0 Å². The van der Waals surface area contributed by atoms with Crippen LogP contribution in [0.4, 0.5) is 4.79 Å². The largest absolute Gasteiger partial charge is 0.322 e. The highest BCUT2D eigenvalue weighted by molar-refractivity contribution is 6.07. The van der Waals surface area contributed by atoms with E-state index in [1.165, 1.54) is 0 Å². The number of urea groups is 1. The van der Waals surface area contributed by atoms with Crippen LogP contribution >= 0.6 is 0 Å². The minimum atomic E-state index is -0.942. The lowest BCUT2D eigenvalue weighted by molar-refractivity contribution is -0.123. The van der Waals surface area contributed by atoms with E-state index in [2.05, 4.69) is 17.6 Å². The van der Waals surface area contributed by atoms with Crippen LogP contribution in [0.5, 0.6) is 0 Å². The first-order valence-corrected chi connectivity index (χ1v) is 5.29. The average molecular weight is 218 g/mol. The van der Waals surface area contributed by atoms with Crippen molar-refractivity contribution in [1.82, 2.24) is 10.6 Å². The molecule has 16 heavy (non-hydrogen) atoms. The standard InChI is InChI=1S/C12H14N2O2/c1-3-8-5-4-6-9(7-8)12(2)10(15)13-11(16)14-12/h4-7H,3H2,1-2H3,(H2,13,14,15,16). The molecule has 1 heterocycles. The number of imide groups is 1. The van der Waals surface area contributed by atoms with Crippen molar-refractivity contribution in [1.29, 1.82) is 0 Å². The first-order valence-electron chi connectivity index (χ1n) is 5.29. The van der Waals surface area contributed by atoms with Gasteiger partial charge in [-0.3, -0.25) is 10.1 Å². The normalized spacial score (nSPS) is 24.1. The van der Waals surface area contributed by atoms with Crippen molar-refractivity contribution in [2.24, 2.45) is 0 Å². The summed E-state index contributed by atoms with van der Waals surface area (Å²) in [6.07, 6.45) is 0.902. The second-order valence-electron chi connectivity index (χ2n) is 4.09. The molecule has 1 atom stereocenters. The Balaban J connectivity index is 2.43. The number of rotatable bonds is 2. The lowest BCUT2D eigenvalue weighted by Gasteiger charge is -2.21. The van der Waals surface area contributed by atoms with Crippen LogP contribution in [-0.4, -0.2) is 11.9 Å². The topological polar surface area (TPSA) is 58.2 Å². The van der Waals surface area contributed by atoms with Crippen molar-refractivity contribution >= 4 is 11.9 Å². The Morgan fingerprint density at radius 2 is 2.06 bits per heavy atom. The van der Waals surface area contributed by atoms with E-state index in [-0.39, 0.29) is 5.91 Å². The summed E-state index contributed by atoms with van der Waals surface area (Å²) in [5.41, 5.74) is 1.02. The summed E-state index contributed by atoms with van der Waals surface area (Å²) < 4.78 is 0. The van der Waals surface area contributed by atoms with Crippen molar-refractivity contribution < 1.29 is 9.59 Å². The van der Waals surface area contributed by atoms with Crippen LogP contribution in [0.1, 0.15) is 25.0 Å². The SMILES string of the molecule is CCc1cccc(C2(C)NC(=O)NC2=O)c1. The molecule has 2 N–H and O–H groups in total. The van der Waals surface area contributed by atoms with Gasteiger partial charge in [0.2, 0.25) is 0 Å². The van der Waals surface area contributed by atoms with Crippen molar-refractivity contribution in [3.63, 3.8) is 0 Å². The molecule has 0 bridgehead atoms. The first-order chi connectivity index (χ1) is 7.56. The zero-order valence-electron chi connectivity index (χ0n) is 9.33. The van der Waals surface area contributed by atoms with E-state index in [1.807, 2.05) is 24.3 Å². The Morgan fingerprint density at radius 3 is 2.62 bits per heavy atom. The van der Waals surface area contributed by atoms with Gasteiger partial charge in [0.1, 0.15) is 5.54 Å². The molecule has 4 nitrogen and oxygen atoms in total. The third kappa shape index (κ3) is 1.56. The maximum absolute atomic E-state index is 11.7. The third-order valence-electron chi connectivity index (χ3n) is 2.96. The number of nitrogens with one attached hydrogen (secondary N) is 2. The number of amides is 3. The first kappa shape index (κ1) is 10.7. The quantitative estimate of drug-likeness (QED) is 0.735. The van der Waals surface area contributed by atoms with Gasteiger partial charge in [0.05, 0.1) is 0 Å². The molecule has 1 saturated heterocycles. The molecular weight excluding hydrogens is 204 g/mol. The lowest BCUT2D eigenvalue weighted by Crippen LogP contribution is -2.40. The predicted molar refractivity (Wildman–Crippen MR) is 59.8 cm³/mol. The predicted octanol–water partition coefficient (Wildman–Crippen LogP) is 1.30. The summed E-state index contributed by atoms with van der Waals surface area (Å²) in [4.78, 5) is 22.9. The van der Waals surface area contributed by atoms with Gasteiger partial charge >= 0.3 is 6.03 Å². The highest BCUT2D eigenvalue weighted by Gasteiger charge is 2.43. The monoisotopic (exact) mass is 218 g/mol. The molecular formula is C12H14N2O2. The van der Waals surface area contributed by atoms with Gasteiger partial charge in [-0.25, -0.2) is 4.79 Å². The van der Waals surface area contributed by atoms with E-state index >= 15 is 0 Å². The maximum atomic E-state index is 11.7. The summed E-state index contributed by atoms with van der Waals surface area (Å²) in [6, 6.07) is 7.27. The molecule has 1 unspecified atom stereocenters. The Morgan fingerprint density at radius 1 is 1.31 bits per heavy atom. The van der Waals surface area contributed by atoms with Crippen LogP contribution in [0.3, 0.4) is 0 Å². The van der Waals surface area contributed by atoms with E-state index < -0.39 is 11.6 Å². The number of hydrogen-bond acceptors (Lipinski definition) is 2. The molecule has 0 radical (unpaired) electrons. The van der Waals surface area contributed by atoms with Gasteiger partial charge in [-0.1, -0.05) is 31.2 Å². The molecule has 1 aliphatic rings. The zero-order valence-corrected chi connectivity index (χ0v) is 9.33. The minimum absolute atomic E-state index is 0.300. The number of hydrogen-bond donors (Lipinski definition) is 2. The summed E-state index contributed by atoms with van der Waals surface area (Å²) in [6.45, 7) is 3.76. The molecule has 1 fully saturated rings. The lowest BCUT2D eigenvalue weighted by atomic mass is 9.91. The Kier molecular flexibility index (Phi) is 2.42. The van der Waals surface area contributed by atoms with Crippen molar-refractivity contribution in [3.8, 4) is 0 Å². The molecule has 2 rings (SSSR count). The molecule has 4 heteroatoms. The van der Waals surface area contributed by atoms with Gasteiger partial charge in [0.25, 0.3) is 5.91 Å². The van der Waals surface area contributed by atoms with E-state index in [0.717, 1.165) is 17.5 Å². The molecule has 0 aliphatic carbocycles. The van der Waals surface area contributed by atoms with Crippen molar-refractivity contribution in [2.75, 3.05) is 0 Å². The van der Waals surface area contributed by atoms with Crippen molar-refractivity contribution in [2.45, 2.75) is 25.8 Å². The Labute approximate surface area is 94.0 Å². The van der Waals surface area contributed by atoms with Gasteiger partial charge in [-0.2, -0.15) is 0 Å². The summed E-state index contributed by atoms with van der Waals surface area (Å²) in [5, 5.41) is 4.90. The fourth-order valence-electron chi connectivity index (χ4n) is 1.85. The second kappa shape index (κ2) is 3.63. The molecule has 0 saturated carbocycles. The van der Waals surface area contributed by atoms with Crippen LogP contribution in [0.15, 0.2) is 24.3 Å². The van der Waals surface area contributed by atoms with E-state index in [0.29, 0.717) is 0 Å². The average Bonchev–Trinajstić information content (AvgIpc) is 2.54. The molecule has 1 aliphatic heterocycles. The highest BCUT2D eigenvalue weighted by Crippen LogP contribution is 2.24. The zero-order chi connectivity index (χ0) is 11.8. The number of aryl methyl sites for hydroxylation is 1. The van der Waals surface area contributed by atoms with Crippen LogP contribution < -0.4 is 10.6 Å². The fourth-order valence-corrected chi connectivity index (χ4v) is 1.85. The van der Waals surface area contributed by atoms with Crippen LogP contribution in [-0.2, 0) is 16.8 Å². The second-order valence-corrected chi connectivity index (χ2v) is 4.09. The van der Waals surface area contributed by atoms with Crippen molar-refractivity contribution in [3.05, 3.63) is 35.4 Å². The van der Waals surface area contributed by atoms with Gasteiger partial charge in [0.15, 0.2) is 0 Å². The van der Waals surface area contributed by atoms with Gasteiger partial charge in [-0.05, 0) is 24.5 Å². The summed E-state index contributed by atoms with van der Waals surface area (Å²) in [7, 11) is 0. The van der Waals surface area contributed by atoms with Gasteiger partial charge < -0.3 is 5.32 Å². The molecule has 0 aromatic heterocycles. The highest BCUT2D eigenvalue weighted by atomic mass is 16.2. The van der Waals surface area contributed by atoms with Gasteiger partial charge in [0, 0.05) is 0 Å². The Hall–Kier alpha value is -1.84. The Bertz CT molecular complexity index is 456. The minimum Gasteiger partial charge on any atom is -0.320 e. The number of carbonyl (C=O) groups is 2. The maximum Gasteiger partial charge on any atom is 0.322 e. The summed E-state index contributed by atoms with van der Waals surface area (Å²) in [5.74, 6) is -0.300. The number of carbonyl (C=O) groups excluding carboxylic acids is 2. The molecule has 3 amide bonds. The van der Waals surface area contributed by atoms with E-state index in [9.17, 15) is 9.59 Å². The van der Waals surface area contributed by atoms with Crippen LogP contribution in [0.25, 0.3) is 0 Å². The van der Waals surface area contributed by atoms with E-state index in [4.69, 9.17) is 0 Å². The smallest absolute Gasteiger partial charge is 0.320 e. The molecule has 1 aromatic rings. The molecule has 0 spiro atoms. The van der Waals surface area contributed by atoms with Crippen LogP contribution in [0.2, 0.25) is 0 Å². The summed E-state index contributed by atoms with van der Waals surface area (Å²) >= 11 is 0. The third-order valence-corrected chi connectivity index (χ3v) is 2.96. The molecule has 84 valence electrons. The van der Waals surface area contributed by atoms with Crippen LogP contribution in [0, 0.1) is 0 Å². The van der Waals surface area contributed by atoms with E-state index in [1.54, 1.807) is 6.92 Å². The molecule has 1 aromatic carbocycles. The fraction of sp³-hybridized carbons (Fsp3) is 0.333. The number of benzene rings is 1.